The maximum atomic E-state index is 13.2. The summed E-state index contributed by atoms with van der Waals surface area (Å²) in [6.07, 6.45) is 8.95. The average Bonchev–Trinajstić information content (AvgIpc) is 3.27. The van der Waals surface area contributed by atoms with Crippen molar-refractivity contribution < 1.29 is 13.2 Å². The summed E-state index contributed by atoms with van der Waals surface area (Å²) in [5, 5.41) is 7.04. The molecule has 0 radical (unpaired) electrons. The van der Waals surface area contributed by atoms with Gasteiger partial charge in [0.2, 0.25) is 0 Å². The Kier molecular flexibility index (Phi) is 6.01. The molecule has 8 heteroatoms. The molecule has 2 aliphatic rings. The molecule has 5 rings (SSSR count). The van der Waals surface area contributed by atoms with Gasteiger partial charge >= 0.3 is 0 Å². The number of nitrogens with one attached hydrogen (secondary N) is 2. The van der Waals surface area contributed by atoms with E-state index in [1.807, 2.05) is 12.1 Å². The standard InChI is InChI=1S/C24H27N3O3S2/c28-24(22-12-18-9-10-25-15-23(18)31-22)27-13-16-5-7-19(8-6-16)32(29,30)20-11-17-3-1-2-4-21(17)26-14-20/h5-10,12,15,17,20-21,26H,1-4,11,13-14H2,(H,27,28). The van der Waals surface area contributed by atoms with Crippen molar-refractivity contribution in [1.82, 2.24) is 15.6 Å². The lowest BCUT2D eigenvalue weighted by atomic mass is 9.79. The number of amides is 1. The second kappa shape index (κ2) is 8.92. The van der Waals surface area contributed by atoms with E-state index in [1.165, 1.54) is 24.2 Å². The van der Waals surface area contributed by atoms with E-state index in [0.717, 1.165) is 34.9 Å². The fourth-order valence-electron chi connectivity index (χ4n) is 4.95. The van der Waals surface area contributed by atoms with Gasteiger partial charge in [0.15, 0.2) is 9.84 Å². The van der Waals surface area contributed by atoms with Gasteiger partial charge in [-0.25, -0.2) is 8.42 Å². The number of carbonyl (C=O) groups excluding carboxylic acids is 1. The molecule has 3 unspecified atom stereocenters. The summed E-state index contributed by atoms with van der Waals surface area (Å²) in [4.78, 5) is 17.6. The zero-order chi connectivity index (χ0) is 22.1. The number of sulfone groups is 1. The van der Waals surface area contributed by atoms with Crippen molar-refractivity contribution in [2.45, 2.75) is 54.8 Å². The van der Waals surface area contributed by atoms with E-state index < -0.39 is 9.84 Å². The van der Waals surface area contributed by atoms with Crippen LogP contribution in [0.2, 0.25) is 0 Å². The Balaban J connectivity index is 1.22. The number of hydrogen-bond donors (Lipinski definition) is 2. The lowest BCUT2D eigenvalue weighted by Gasteiger charge is -2.39. The normalized spacial score (nSPS) is 23.6. The van der Waals surface area contributed by atoms with Gasteiger partial charge in [-0.2, -0.15) is 0 Å². The first-order valence-electron chi connectivity index (χ1n) is 11.2. The monoisotopic (exact) mass is 469 g/mol. The molecule has 1 amide bonds. The SMILES string of the molecule is O=C(NCc1ccc(S(=O)(=O)C2CNC3CCCCC3C2)cc1)c1cc2ccncc2s1. The van der Waals surface area contributed by atoms with Crippen molar-refractivity contribution >= 4 is 37.2 Å². The van der Waals surface area contributed by atoms with Gasteiger partial charge in [-0.3, -0.25) is 9.78 Å². The van der Waals surface area contributed by atoms with Crippen LogP contribution in [0.4, 0.5) is 0 Å². The number of nitrogens with zero attached hydrogens (tertiary/aromatic N) is 1. The lowest BCUT2D eigenvalue weighted by Crippen LogP contribution is -2.51. The summed E-state index contributed by atoms with van der Waals surface area (Å²) >= 11 is 1.41. The Morgan fingerprint density at radius 3 is 2.78 bits per heavy atom. The molecule has 3 heterocycles. The van der Waals surface area contributed by atoms with E-state index in [2.05, 4.69) is 15.6 Å². The highest BCUT2D eigenvalue weighted by Gasteiger charge is 2.38. The molecule has 1 saturated heterocycles. The van der Waals surface area contributed by atoms with Gasteiger partial charge in [0.1, 0.15) is 0 Å². The van der Waals surface area contributed by atoms with Gasteiger partial charge in [0, 0.05) is 31.5 Å². The third kappa shape index (κ3) is 4.31. The summed E-state index contributed by atoms with van der Waals surface area (Å²) in [6.45, 7) is 0.881. The molecule has 1 aliphatic carbocycles. The molecular weight excluding hydrogens is 442 g/mol. The number of piperidine rings is 1. The molecule has 1 aliphatic heterocycles. The largest absolute Gasteiger partial charge is 0.347 e. The minimum absolute atomic E-state index is 0.141. The highest BCUT2D eigenvalue weighted by atomic mass is 32.2. The smallest absolute Gasteiger partial charge is 0.261 e. The van der Waals surface area contributed by atoms with Crippen LogP contribution >= 0.6 is 11.3 Å². The van der Waals surface area contributed by atoms with Crippen LogP contribution in [-0.4, -0.2) is 37.1 Å². The Morgan fingerprint density at radius 1 is 1.16 bits per heavy atom. The van der Waals surface area contributed by atoms with Gasteiger partial charge in [-0.05, 0) is 60.4 Å². The van der Waals surface area contributed by atoms with Crippen LogP contribution in [0, 0.1) is 5.92 Å². The molecule has 168 valence electrons. The van der Waals surface area contributed by atoms with E-state index in [0.29, 0.717) is 34.8 Å². The predicted octanol–water partition coefficient (Wildman–Crippen LogP) is 3.92. The Bertz CT molecular complexity index is 1190. The molecule has 0 bridgehead atoms. The van der Waals surface area contributed by atoms with Crippen molar-refractivity contribution in [2.75, 3.05) is 6.54 Å². The first kappa shape index (κ1) is 21.6. The second-order valence-electron chi connectivity index (χ2n) is 8.81. The van der Waals surface area contributed by atoms with Crippen LogP contribution in [0.1, 0.15) is 47.3 Å². The third-order valence-electron chi connectivity index (χ3n) is 6.77. The summed E-state index contributed by atoms with van der Waals surface area (Å²) in [6, 6.07) is 11.2. The summed E-state index contributed by atoms with van der Waals surface area (Å²) in [5.41, 5.74) is 0.870. The van der Waals surface area contributed by atoms with E-state index >= 15 is 0 Å². The molecule has 1 aromatic carbocycles. The van der Waals surface area contributed by atoms with Crippen molar-refractivity contribution in [2.24, 2.45) is 5.92 Å². The van der Waals surface area contributed by atoms with E-state index in [-0.39, 0.29) is 11.2 Å². The summed E-state index contributed by atoms with van der Waals surface area (Å²) in [5.74, 6) is 0.328. The molecule has 6 nitrogen and oxygen atoms in total. The first-order chi connectivity index (χ1) is 15.5. The van der Waals surface area contributed by atoms with Crippen molar-refractivity contribution in [1.29, 1.82) is 0 Å². The maximum absolute atomic E-state index is 13.2. The number of pyridine rings is 1. The van der Waals surface area contributed by atoms with Crippen molar-refractivity contribution in [3.8, 4) is 0 Å². The fourth-order valence-corrected chi connectivity index (χ4v) is 7.62. The Hall–Kier alpha value is -2.29. The van der Waals surface area contributed by atoms with Gasteiger partial charge in [-0.1, -0.05) is 25.0 Å². The average molecular weight is 470 g/mol. The number of rotatable bonds is 5. The quantitative estimate of drug-likeness (QED) is 0.591. The minimum Gasteiger partial charge on any atom is -0.347 e. The first-order valence-corrected chi connectivity index (χ1v) is 13.5. The van der Waals surface area contributed by atoms with Crippen LogP contribution < -0.4 is 10.6 Å². The third-order valence-corrected chi connectivity index (χ3v) is 10.0. The van der Waals surface area contributed by atoms with Crippen LogP contribution in [0.15, 0.2) is 53.7 Å². The zero-order valence-electron chi connectivity index (χ0n) is 17.8. The van der Waals surface area contributed by atoms with Crippen molar-refractivity contribution in [3.63, 3.8) is 0 Å². The van der Waals surface area contributed by atoms with Gasteiger partial charge in [-0.15, -0.1) is 11.3 Å². The summed E-state index contributed by atoms with van der Waals surface area (Å²) in [7, 11) is -3.37. The zero-order valence-corrected chi connectivity index (χ0v) is 19.4. The number of thiophene rings is 1. The highest BCUT2D eigenvalue weighted by Crippen LogP contribution is 2.34. The molecular formula is C24H27N3O3S2. The predicted molar refractivity (Wildman–Crippen MR) is 127 cm³/mol. The molecule has 1 saturated carbocycles. The number of benzene rings is 1. The van der Waals surface area contributed by atoms with Gasteiger partial charge in [0.25, 0.3) is 5.91 Å². The lowest BCUT2D eigenvalue weighted by molar-refractivity contribution is 0.0955. The topological polar surface area (TPSA) is 88.2 Å². The molecule has 2 N–H and O–H groups in total. The molecule has 0 spiro atoms. The second-order valence-corrected chi connectivity index (χ2v) is 12.1. The number of aromatic nitrogens is 1. The molecule has 2 aromatic heterocycles. The van der Waals surface area contributed by atoms with Gasteiger partial charge < -0.3 is 10.6 Å². The fraction of sp³-hybridized carbons (Fsp3) is 0.417. The van der Waals surface area contributed by atoms with Crippen LogP contribution in [0.25, 0.3) is 10.1 Å². The van der Waals surface area contributed by atoms with Crippen LogP contribution in [-0.2, 0) is 16.4 Å². The van der Waals surface area contributed by atoms with Crippen LogP contribution in [0.5, 0.6) is 0 Å². The Labute approximate surface area is 192 Å². The van der Waals surface area contributed by atoms with E-state index in [4.69, 9.17) is 0 Å². The van der Waals surface area contributed by atoms with E-state index in [1.54, 1.807) is 36.7 Å². The molecule has 3 aromatic rings. The Morgan fingerprint density at radius 2 is 1.97 bits per heavy atom. The number of carbonyl (C=O) groups is 1. The summed E-state index contributed by atoms with van der Waals surface area (Å²) < 4.78 is 27.4. The van der Waals surface area contributed by atoms with E-state index in [9.17, 15) is 13.2 Å². The highest BCUT2D eigenvalue weighted by molar-refractivity contribution is 7.92. The van der Waals surface area contributed by atoms with Crippen molar-refractivity contribution in [3.05, 3.63) is 59.2 Å². The minimum atomic E-state index is -3.37. The molecule has 32 heavy (non-hydrogen) atoms. The van der Waals surface area contributed by atoms with Crippen LogP contribution in [0.3, 0.4) is 0 Å². The molecule has 3 atom stereocenters. The number of fused-ring (bicyclic) bond motifs is 2. The maximum Gasteiger partial charge on any atom is 0.261 e. The number of hydrogen-bond acceptors (Lipinski definition) is 6. The molecule has 2 fully saturated rings. The van der Waals surface area contributed by atoms with Gasteiger partial charge in [0.05, 0.1) is 19.7 Å².